The second-order valence-electron chi connectivity index (χ2n) is 7.19. The minimum absolute atomic E-state index is 0.181. The lowest BCUT2D eigenvalue weighted by Gasteiger charge is -2.21. The van der Waals surface area contributed by atoms with Gasteiger partial charge >= 0.3 is 0 Å². The molecule has 0 spiro atoms. The molecule has 27 heavy (non-hydrogen) atoms. The van der Waals surface area contributed by atoms with Crippen LogP contribution >= 0.6 is 0 Å². The van der Waals surface area contributed by atoms with Gasteiger partial charge < -0.3 is 9.42 Å². The van der Waals surface area contributed by atoms with Crippen LogP contribution in [0.5, 0.6) is 0 Å². The molecule has 0 N–H and O–H groups in total. The van der Waals surface area contributed by atoms with Crippen molar-refractivity contribution in [2.45, 2.75) is 58.4 Å². The Bertz CT molecular complexity index is 958. The first kappa shape index (κ1) is 17.6. The van der Waals surface area contributed by atoms with E-state index in [4.69, 9.17) is 4.52 Å². The fourth-order valence-corrected chi connectivity index (χ4v) is 3.17. The molecule has 9 heteroatoms. The Morgan fingerprint density at radius 1 is 1.37 bits per heavy atom. The molecule has 9 nitrogen and oxygen atoms in total. The van der Waals surface area contributed by atoms with Crippen LogP contribution in [0.4, 0.5) is 0 Å². The van der Waals surface area contributed by atoms with Crippen molar-refractivity contribution in [3.63, 3.8) is 0 Å². The second kappa shape index (κ2) is 7.05. The van der Waals surface area contributed by atoms with E-state index in [0.29, 0.717) is 42.2 Å². The molecule has 0 aliphatic heterocycles. The topological polar surface area (TPSA) is 102 Å². The zero-order valence-electron chi connectivity index (χ0n) is 15.8. The maximum absolute atomic E-state index is 13.0. The molecule has 1 aliphatic carbocycles. The van der Waals surface area contributed by atoms with Crippen molar-refractivity contribution in [2.75, 3.05) is 6.54 Å². The van der Waals surface area contributed by atoms with Crippen molar-refractivity contribution in [1.29, 1.82) is 0 Å². The van der Waals surface area contributed by atoms with E-state index < -0.39 is 0 Å². The largest absolute Gasteiger partial charge is 0.339 e. The van der Waals surface area contributed by atoms with E-state index in [0.717, 1.165) is 18.5 Å². The van der Waals surface area contributed by atoms with Gasteiger partial charge in [0.2, 0.25) is 5.89 Å². The molecule has 3 aromatic heterocycles. The Kier molecular flexibility index (Phi) is 4.59. The minimum atomic E-state index is -0.181. The lowest BCUT2D eigenvalue weighted by molar-refractivity contribution is 0.0741. The van der Waals surface area contributed by atoms with Crippen LogP contribution in [0.3, 0.4) is 0 Å². The lowest BCUT2D eigenvalue weighted by Crippen LogP contribution is -2.32. The van der Waals surface area contributed by atoms with Crippen LogP contribution in [-0.4, -0.2) is 47.1 Å². The number of hydrogen-bond donors (Lipinski definition) is 0. The molecular weight excluding hydrogens is 346 g/mol. The molecule has 1 fully saturated rings. The fraction of sp³-hybridized carbons (Fsp3) is 0.556. The summed E-state index contributed by atoms with van der Waals surface area (Å²) in [5.74, 6) is 2.01. The fourth-order valence-electron chi connectivity index (χ4n) is 3.17. The summed E-state index contributed by atoms with van der Waals surface area (Å²) < 4.78 is 7.03. The summed E-state index contributed by atoms with van der Waals surface area (Å²) in [6, 6.07) is 1.79. The third kappa shape index (κ3) is 3.29. The van der Waals surface area contributed by atoms with E-state index in [1.165, 1.54) is 12.7 Å². The zero-order valence-corrected chi connectivity index (χ0v) is 15.8. The number of carbonyl (C=O) groups excluding carboxylic acids is 1. The van der Waals surface area contributed by atoms with Gasteiger partial charge in [-0.05, 0) is 31.7 Å². The summed E-state index contributed by atoms with van der Waals surface area (Å²) in [6.07, 6.45) is 4.84. The van der Waals surface area contributed by atoms with Crippen LogP contribution in [0, 0.1) is 0 Å². The van der Waals surface area contributed by atoms with Gasteiger partial charge in [0.15, 0.2) is 5.82 Å². The Morgan fingerprint density at radius 2 is 2.19 bits per heavy atom. The van der Waals surface area contributed by atoms with E-state index in [1.807, 2.05) is 20.8 Å². The van der Waals surface area contributed by atoms with Crippen molar-refractivity contribution in [1.82, 2.24) is 34.6 Å². The van der Waals surface area contributed by atoms with E-state index in [1.54, 1.807) is 15.5 Å². The highest BCUT2D eigenvalue weighted by atomic mass is 16.5. The van der Waals surface area contributed by atoms with Gasteiger partial charge in [0, 0.05) is 12.5 Å². The van der Waals surface area contributed by atoms with Gasteiger partial charge in [-0.1, -0.05) is 25.4 Å². The summed E-state index contributed by atoms with van der Waals surface area (Å²) in [4.78, 5) is 27.7. The zero-order chi connectivity index (χ0) is 19.0. The van der Waals surface area contributed by atoms with Crippen LogP contribution in [-0.2, 0) is 6.54 Å². The van der Waals surface area contributed by atoms with Crippen molar-refractivity contribution in [3.05, 3.63) is 35.5 Å². The molecule has 4 rings (SSSR count). The molecule has 0 bridgehead atoms. The van der Waals surface area contributed by atoms with Gasteiger partial charge in [-0.3, -0.25) is 4.79 Å². The average Bonchev–Trinajstić information content (AvgIpc) is 3.25. The molecule has 3 heterocycles. The molecule has 0 atom stereocenters. The average molecular weight is 369 g/mol. The van der Waals surface area contributed by atoms with Crippen LogP contribution < -0.4 is 0 Å². The van der Waals surface area contributed by atoms with E-state index in [-0.39, 0.29) is 11.8 Å². The van der Waals surface area contributed by atoms with Gasteiger partial charge in [-0.2, -0.15) is 15.1 Å². The van der Waals surface area contributed by atoms with E-state index >= 15 is 0 Å². The second-order valence-corrected chi connectivity index (χ2v) is 7.19. The first-order valence-corrected chi connectivity index (χ1v) is 9.39. The van der Waals surface area contributed by atoms with Crippen LogP contribution in [0.25, 0.3) is 5.78 Å². The van der Waals surface area contributed by atoms with Gasteiger partial charge in [0.25, 0.3) is 11.7 Å². The molecule has 0 aromatic carbocycles. The molecule has 0 unspecified atom stereocenters. The number of aromatic nitrogens is 6. The highest BCUT2D eigenvalue weighted by molar-refractivity contribution is 5.92. The van der Waals surface area contributed by atoms with E-state index in [2.05, 4.69) is 25.2 Å². The number of rotatable bonds is 6. The smallest absolute Gasteiger partial charge is 0.273 e. The number of amides is 1. The predicted molar refractivity (Wildman–Crippen MR) is 96.2 cm³/mol. The SMILES string of the molecule is CCN(Cc1noc(C2CCC2)n1)C(=O)c1cc(C(C)C)n2ncnc2n1. The lowest BCUT2D eigenvalue weighted by atomic mass is 9.85. The van der Waals surface area contributed by atoms with Crippen LogP contribution in [0.1, 0.15) is 79.8 Å². The molecule has 1 aliphatic rings. The van der Waals surface area contributed by atoms with Crippen LogP contribution in [0.15, 0.2) is 16.9 Å². The maximum Gasteiger partial charge on any atom is 0.273 e. The maximum atomic E-state index is 13.0. The minimum Gasteiger partial charge on any atom is -0.339 e. The molecule has 0 saturated heterocycles. The summed E-state index contributed by atoms with van der Waals surface area (Å²) in [5, 5.41) is 8.24. The summed E-state index contributed by atoms with van der Waals surface area (Å²) in [5.41, 5.74) is 1.24. The Balaban J connectivity index is 1.58. The third-order valence-corrected chi connectivity index (χ3v) is 5.03. The number of carbonyl (C=O) groups is 1. The number of hydrogen-bond acceptors (Lipinski definition) is 7. The van der Waals surface area contributed by atoms with Gasteiger partial charge in [-0.25, -0.2) is 9.50 Å². The van der Waals surface area contributed by atoms with Crippen molar-refractivity contribution >= 4 is 11.7 Å². The normalized spacial score (nSPS) is 14.7. The highest BCUT2D eigenvalue weighted by Crippen LogP contribution is 2.35. The van der Waals surface area contributed by atoms with Crippen LogP contribution in [0.2, 0.25) is 0 Å². The summed E-state index contributed by atoms with van der Waals surface area (Å²) >= 11 is 0. The van der Waals surface area contributed by atoms with Gasteiger partial charge in [0.1, 0.15) is 12.0 Å². The monoisotopic (exact) mass is 369 g/mol. The molecule has 1 saturated carbocycles. The van der Waals surface area contributed by atoms with Gasteiger partial charge in [0.05, 0.1) is 12.2 Å². The summed E-state index contributed by atoms with van der Waals surface area (Å²) in [6.45, 7) is 6.82. The first-order chi connectivity index (χ1) is 13.1. The first-order valence-electron chi connectivity index (χ1n) is 9.39. The van der Waals surface area contributed by atoms with Crippen molar-refractivity contribution in [2.24, 2.45) is 0 Å². The van der Waals surface area contributed by atoms with Crippen molar-refractivity contribution in [3.8, 4) is 0 Å². The molecule has 3 aromatic rings. The third-order valence-electron chi connectivity index (χ3n) is 5.03. The Labute approximate surface area is 156 Å². The Hall–Kier alpha value is -2.84. The highest BCUT2D eigenvalue weighted by Gasteiger charge is 2.27. The molecule has 1 amide bonds. The molecule has 142 valence electrons. The number of fused-ring (bicyclic) bond motifs is 1. The quantitative estimate of drug-likeness (QED) is 0.658. The van der Waals surface area contributed by atoms with Crippen molar-refractivity contribution < 1.29 is 9.32 Å². The molecular formula is C18H23N7O2. The van der Waals surface area contributed by atoms with Gasteiger partial charge in [-0.15, -0.1) is 0 Å². The molecule has 0 radical (unpaired) electrons. The predicted octanol–water partition coefficient (Wildman–Crippen LogP) is 2.56. The standard InChI is InChI=1S/C18H23N7O2/c1-4-24(9-15-22-16(27-23-15)12-6-5-7-12)17(26)13-8-14(11(2)3)25-18(21-13)19-10-20-25/h8,10-12H,4-7,9H2,1-3H3. The Morgan fingerprint density at radius 3 is 2.85 bits per heavy atom. The number of nitrogens with zero attached hydrogens (tertiary/aromatic N) is 7. The summed E-state index contributed by atoms with van der Waals surface area (Å²) in [7, 11) is 0. The van der Waals surface area contributed by atoms with E-state index in [9.17, 15) is 4.79 Å².